The van der Waals surface area contributed by atoms with Crippen molar-refractivity contribution in [2.75, 3.05) is 0 Å². The van der Waals surface area contributed by atoms with E-state index in [1.54, 1.807) is 11.3 Å². The van der Waals surface area contributed by atoms with Crippen LogP contribution in [0.25, 0.3) is 0 Å². The van der Waals surface area contributed by atoms with E-state index in [-0.39, 0.29) is 6.04 Å². The lowest BCUT2D eigenvalue weighted by molar-refractivity contribution is 0.560. The second-order valence-corrected chi connectivity index (χ2v) is 6.61. The van der Waals surface area contributed by atoms with Crippen LogP contribution in [0.5, 0.6) is 0 Å². The van der Waals surface area contributed by atoms with Gasteiger partial charge in [-0.3, -0.25) is 4.68 Å². The van der Waals surface area contributed by atoms with Crippen LogP contribution >= 0.6 is 27.3 Å². The molecule has 0 bridgehead atoms. The van der Waals surface area contributed by atoms with Gasteiger partial charge < -0.3 is 5.73 Å². The van der Waals surface area contributed by atoms with Gasteiger partial charge in [-0.25, -0.2) is 0 Å². The molecule has 5 heteroatoms. The molecule has 0 saturated carbocycles. The minimum Gasteiger partial charge on any atom is -0.318 e. The Morgan fingerprint density at radius 1 is 1.50 bits per heavy atom. The first-order valence-electron chi connectivity index (χ1n) is 6.08. The summed E-state index contributed by atoms with van der Waals surface area (Å²) in [7, 11) is 0. The van der Waals surface area contributed by atoms with Gasteiger partial charge >= 0.3 is 0 Å². The summed E-state index contributed by atoms with van der Waals surface area (Å²) in [6.45, 7) is 7.30. The van der Waals surface area contributed by atoms with E-state index >= 15 is 0 Å². The van der Waals surface area contributed by atoms with Crippen LogP contribution in [0.3, 0.4) is 0 Å². The van der Waals surface area contributed by atoms with Gasteiger partial charge in [-0.2, -0.15) is 5.10 Å². The number of nitrogens with two attached hydrogens (primary N) is 1. The van der Waals surface area contributed by atoms with Gasteiger partial charge in [-0.05, 0) is 47.8 Å². The third kappa shape index (κ3) is 2.53. The first-order valence-corrected chi connectivity index (χ1v) is 7.69. The molecule has 0 aromatic carbocycles. The number of hydrogen-bond donors (Lipinski definition) is 1. The lowest BCUT2D eigenvalue weighted by Crippen LogP contribution is -2.17. The van der Waals surface area contributed by atoms with Gasteiger partial charge in [-0.15, -0.1) is 11.3 Å². The Morgan fingerprint density at radius 3 is 2.78 bits per heavy atom. The highest BCUT2D eigenvalue weighted by molar-refractivity contribution is 9.10. The molecule has 98 valence electrons. The summed E-state index contributed by atoms with van der Waals surface area (Å²) in [5.74, 6) is 0. The average molecular weight is 328 g/mol. The molecule has 2 aromatic heterocycles. The van der Waals surface area contributed by atoms with Crippen LogP contribution in [0.2, 0.25) is 0 Å². The van der Waals surface area contributed by atoms with E-state index in [0.29, 0.717) is 0 Å². The molecule has 2 aromatic rings. The van der Waals surface area contributed by atoms with E-state index in [4.69, 9.17) is 5.73 Å². The summed E-state index contributed by atoms with van der Waals surface area (Å²) in [6, 6.07) is 2.08. The van der Waals surface area contributed by atoms with E-state index in [0.717, 1.165) is 23.1 Å². The smallest absolute Gasteiger partial charge is 0.0828 e. The maximum absolute atomic E-state index is 6.39. The second-order valence-electron chi connectivity index (χ2n) is 4.47. The Balaban J connectivity index is 2.38. The minimum absolute atomic E-state index is 0.106. The van der Waals surface area contributed by atoms with Crippen molar-refractivity contribution in [1.29, 1.82) is 0 Å². The molecule has 0 saturated heterocycles. The fourth-order valence-corrected chi connectivity index (χ4v) is 3.55. The highest BCUT2D eigenvalue weighted by Gasteiger charge is 2.20. The van der Waals surface area contributed by atoms with Crippen molar-refractivity contribution >= 4 is 27.3 Å². The molecule has 1 unspecified atom stereocenters. The molecule has 0 aliphatic heterocycles. The summed E-state index contributed by atoms with van der Waals surface area (Å²) < 4.78 is 2.99. The second kappa shape index (κ2) is 5.55. The van der Waals surface area contributed by atoms with E-state index in [2.05, 4.69) is 47.9 Å². The van der Waals surface area contributed by atoms with E-state index in [1.807, 2.05) is 10.9 Å². The third-order valence-corrected chi connectivity index (χ3v) is 4.90. The summed E-state index contributed by atoms with van der Waals surface area (Å²) in [4.78, 5) is 2.53. The number of rotatable bonds is 4. The van der Waals surface area contributed by atoms with Gasteiger partial charge in [0.05, 0.1) is 22.4 Å². The van der Waals surface area contributed by atoms with Crippen LogP contribution in [0, 0.1) is 13.8 Å². The minimum atomic E-state index is -0.106. The molecule has 3 nitrogen and oxygen atoms in total. The molecule has 0 radical (unpaired) electrons. The molecule has 2 N–H and O–H groups in total. The van der Waals surface area contributed by atoms with Crippen molar-refractivity contribution in [2.24, 2.45) is 5.73 Å². The van der Waals surface area contributed by atoms with Crippen molar-refractivity contribution in [3.8, 4) is 0 Å². The third-order valence-electron chi connectivity index (χ3n) is 3.05. The van der Waals surface area contributed by atoms with Gasteiger partial charge in [0.2, 0.25) is 0 Å². The summed E-state index contributed by atoms with van der Waals surface area (Å²) in [6.07, 6.45) is 2.88. The molecule has 0 amide bonds. The van der Waals surface area contributed by atoms with Crippen LogP contribution in [-0.4, -0.2) is 9.78 Å². The molecular weight excluding hydrogens is 310 g/mol. The van der Waals surface area contributed by atoms with Gasteiger partial charge in [0, 0.05) is 16.3 Å². The summed E-state index contributed by atoms with van der Waals surface area (Å²) in [5.41, 5.74) is 8.77. The van der Waals surface area contributed by atoms with Gasteiger partial charge in [0.25, 0.3) is 0 Å². The van der Waals surface area contributed by atoms with Crippen molar-refractivity contribution in [1.82, 2.24) is 9.78 Å². The Morgan fingerprint density at radius 2 is 2.22 bits per heavy atom. The molecule has 1 atom stereocenters. The quantitative estimate of drug-likeness (QED) is 0.928. The number of aryl methyl sites for hydroxylation is 3. The molecule has 2 heterocycles. The van der Waals surface area contributed by atoms with Gasteiger partial charge in [-0.1, -0.05) is 6.92 Å². The zero-order valence-electron chi connectivity index (χ0n) is 10.9. The number of hydrogen-bond acceptors (Lipinski definition) is 3. The van der Waals surface area contributed by atoms with Crippen molar-refractivity contribution in [2.45, 2.75) is 39.8 Å². The van der Waals surface area contributed by atoms with Crippen molar-refractivity contribution in [3.63, 3.8) is 0 Å². The predicted molar refractivity (Wildman–Crippen MR) is 80.0 cm³/mol. The highest BCUT2D eigenvalue weighted by Crippen LogP contribution is 2.32. The average Bonchev–Trinajstić information content (AvgIpc) is 2.84. The van der Waals surface area contributed by atoms with E-state index in [9.17, 15) is 0 Å². The molecule has 0 spiro atoms. The SMILES string of the molecule is CCCn1ncc(Br)c1C(N)c1cc(C)c(C)s1. The monoisotopic (exact) mass is 327 g/mol. The number of halogens is 1. The standard InChI is InChI=1S/C13H18BrN3S/c1-4-5-17-13(10(14)7-16-17)12(15)11-6-8(2)9(3)18-11/h6-7,12H,4-5,15H2,1-3H3. The molecular formula is C13H18BrN3S. The molecule has 0 fully saturated rings. The maximum atomic E-state index is 6.39. The maximum Gasteiger partial charge on any atom is 0.0828 e. The Bertz CT molecular complexity index is 525. The van der Waals surface area contributed by atoms with Gasteiger partial charge in [0.15, 0.2) is 0 Å². The van der Waals surface area contributed by atoms with Crippen LogP contribution < -0.4 is 5.73 Å². The van der Waals surface area contributed by atoms with E-state index < -0.39 is 0 Å². The number of nitrogens with zero attached hydrogens (tertiary/aromatic N) is 2. The summed E-state index contributed by atoms with van der Waals surface area (Å²) >= 11 is 5.32. The largest absolute Gasteiger partial charge is 0.318 e. The van der Waals surface area contributed by atoms with Crippen LogP contribution in [0.1, 0.15) is 40.4 Å². The van der Waals surface area contributed by atoms with Gasteiger partial charge in [0.1, 0.15) is 0 Å². The zero-order chi connectivity index (χ0) is 13.3. The topological polar surface area (TPSA) is 43.8 Å². The van der Waals surface area contributed by atoms with Crippen LogP contribution in [0.4, 0.5) is 0 Å². The fraction of sp³-hybridized carbons (Fsp3) is 0.462. The van der Waals surface area contributed by atoms with Crippen molar-refractivity contribution < 1.29 is 0 Å². The summed E-state index contributed by atoms with van der Waals surface area (Å²) in [5, 5.41) is 4.38. The molecule has 18 heavy (non-hydrogen) atoms. The van der Waals surface area contributed by atoms with Crippen LogP contribution in [-0.2, 0) is 6.54 Å². The molecule has 0 aliphatic rings. The first-order chi connectivity index (χ1) is 8.54. The van der Waals surface area contributed by atoms with Crippen molar-refractivity contribution in [3.05, 3.63) is 37.7 Å². The Kier molecular flexibility index (Phi) is 4.25. The Hall–Kier alpha value is -0.650. The number of aromatic nitrogens is 2. The molecule has 2 rings (SSSR count). The normalized spacial score (nSPS) is 12.9. The lowest BCUT2D eigenvalue weighted by Gasteiger charge is -2.13. The zero-order valence-corrected chi connectivity index (χ0v) is 13.3. The van der Waals surface area contributed by atoms with Crippen LogP contribution in [0.15, 0.2) is 16.7 Å². The number of thiophene rings is 1. The molecule has 0 aliphatic carbocycles. The lowest BCUT2D eigenvalue weighted by atomic mass is 10.1. The predicted octanol–water partition coefficient (Wildman–Crippen LogP) is 3.78. The Labute approximate surface area is 120 Å². The highest BCUT2D eigenvalue weighted by atomic mass is 79.9. The first kappa shape index (κ1) is 13.8. The fourth-order valence-electron chi connectivity index (χ4n) is 1.96. The van der Waals surface area contributed by atoms with E-state index in [1.165, 1.54) is 15.3 Å².